The summed E-state index contributed by atoms with van der Waals surface area (Å²) in [6.45, 7) is 8.19. The number of pyridine rings is 1. The summed E-state index contributed by atoms with van der Waals surface area (Å²) in [5, 5.41) is 13.1. The number of rotatable bonds is 10. The highest BCUT2D eigenvalue weighted by atomic mass is 32.2. The van der Waals surface area contributed by atoms with Crippen LogP contribution in [0, 0.1) is 6.92 Å². The van der Waals surface area contributed by atoms with E-state index in [1.165, 1.54) is 35.0 Å². The minimum atomic E-state index is -4.43. The number of imidazole rings is 1. The van der Waals surface area contributed by atoms with Crippen LogP contribution >= 0.6 is 11.8 Å². The van der Waals surface area contributed by atoms with E-state index in [0.717, 1.165) is 17.7 Å². The molecule has 0 aliphatic rings. The minimum absolute atomic E-state index is 0.0386. The zero-order chi connectivity index (χ0) is 27.2. The van der Waals surface area contributed by atoms with Gasteiger partial charge < -0.3 is 14.7 Å². The van der Waals surface area contributed by atoms with Gasteiger partial charge in [0.25, 0.3) is 0 Å². The quantitative estimate of drug-likeness (QED) is 0.363. The fourth-order valence-corrected chi connectivity index (χ4v) is 4.16. The van der Waals surface area contributed by atoms with Crippen LogP contribution in [0.25, 0.3) is 5.69 Å². The molecule has 200 valence electrons. The van der Waals surface area contributed by atoms with Gasteiger partial charge >= 0.3 is 17.3 Å². The number of anilines is 1. The standard InChI is InChI=1S/C24H28F3N5O4S/c1-4-30(5-2)12-13-36-22(34)29-20-14-17(10-11-28-20)15-31-16(3)21(33)32(23(31)35)18-6-8-19(9-7-18)37-24(25,26)27/h6-11,14,33H,4-5,12-13,15H2,1-3H3,(H,28,29,34). The zero-order valence-electron chi connectivity index (χ0n) is 20.6. The van der Waals surface area contributed by atoms with Crippen molar-refractivity contribution in [2.45, 2.75) is 37.7 Å². The number of benzene rings is 1. The maximum atomic E-state index is 13.1. The Morgan fingerprint density at radius 1 is 1.19 bits per heavy atom. The monoisotopic (exact) mass is 539 g/mol. The van der Waals surface area contributed by atoms with E-state index in [2.05, 4.69) is 15.2 Å². The number of thioether (sulfide) groups is 1. The Morgan fingerprint density at radius 3 is 2.49 bits per heavy atom. The summed E-state index contributed by atoms with van der Waals surface area (Å²) in [6, 6.07) is 8.36. The van der Waals surface area contributed by atoms with Gasteiger partial charge in [-0.05, 0) is 73.7 Å². The van der Waals surface area contributed by atoms with E-state index < -0.39 is 17.3 Å². The lowest BCUT2D eigenvalue weighted by Crippen LogP contribution is -2.28. The number of amides is 1. The van der Waals surface area contributed by atoms with Crippen molar-refractivity contribution in [1.29, 1.82) is 0 Å². The molecule has 0 saturated carbocycles. The number of carbonyl (C=O) groups is 1. The smallest absolute Gasteiger partial charge is 0.446 e. The first-order chi connectivity index (χ1) is 17.5. The molecule has 1 amide bonds. The van der Waals surface area contributed by atoms with Crippen LogP contribution in [0.15, 0.2) is 52.3 Å². The summed E-state index contributed by atoms with van der Waals surface area (Å²) >= 11 is -0.266. The van der Waals surface area contributed by atoms with Crippen molar-refractivity contribution in [3.05, 3.63) is 64.3 Å². The van der Waals surface area contributed by atoms with Gasteiger partial charge in [-0.3, -0.25) is 9.88 Å². The Labute approximate surface area is 215 Å². The third kappa shape index (κ3) is 7.52. The van der Waals surface area contributed by atoms with E-state index in [1.54, 1.807) is 19.1 Å². The number of nitrogens with one attached hydrogen (secondary N) is 1. The summed E-state index contributed by atoms with van der Waals surface area (Å²) in [6.07, 6.45) is 0.816. The number of likely N-dealkylation sites (N-methyl/N-ethyl adjacent to an activating group) is 1. The summed E-state index contributed by atoms with van der Waals surface area (Å²) in [5.74, 6) is -0.0946. The lowest BCUT2D eigenvalue weighted by Gasteiger charge is -2.17. The summed E-state index contributed by atoms with van der Waals surface area (Å²) < 4.78 is 45.3. The van der Waals surface area contributed by atoms with Crippen LogP contribution in [0.1, 0.15) is 25.1 Å². The van der Waals surface area contributed by atoms with Crippen LogP contribution in [0.2, 0.25) is 0 Å². The van der Waals surface area contributed by atoms with E-state index >= 15 is 0 Å². The van der Waals surface area contributed by atoms with Crippen LogP contribution in [0.3, 0.4) is 0 Å². The maximum absolute atomic E-state index is 13.1. The SMILES string of the molecule is CCN(CC)CCOC(=O)Nc1cc(Cn2c(C)c(O)n(-c3ccc(SC(F)(F)F)cc3)c2=O)ccn1. The normalized spacial score (nSPS) is 11.6. The van der Waals surface area contributed by atoms with E-state index in [1.807, 2.05) is 13.8 Å². The second-order valence-corrected chi connectivity index (χ2v) is 9.13. The lowest BCUT2D eigenvalue weighted by atomic mass is 10.2. The van der Waals surface area contributed by atoms with Crippen molar-refractivity contribution in [2.24, 2.45) is 0 Å². The Hall–Kier alpha value is -3.45. The van der Waals surface area contributed by atoms with Crippen LogP contribution in [-0.4, -0.2) is 62.0 Å². The highest BCUT2D eigenvalue weighted by molar-refractivity contribution is 8.00. The maximum Gasteiger partial charge on any atom is 0.446 e. The molecule has 0 aliphatic carbocycles. The van der Waals surface area contributed by atoms with E-state index in [4.69, 9.17) is 4.74 Å². The predicted octanol–water partition coefficient (Wildman–Crippen LogP) is 4.60. The second kappa shape index (κ2) is 12.2. The molecule has 0 bridgehead atoms. The molecule has 0 aliphatic heterocycles. The van der Waals surface area contributed by atoms with Crippen LogP contribution in [0.4, 0.5) is 23.8 Å². The molecular weight excluding hydrogens is 511 g/mol. The molecule has 2 aromatic heterocycles. The molecule has 3 rings (SSSR count). The molecule has 0 spiro atoms. The molecular formula is C24H28F3N5O4S. The number of alkyl halides is 3. The average Bonchev–Trinajstić information content (AvgIpc) is 3.05. The van der Waals surface area contributed by atoms with Gasteiger partial charge in [0, 0.05) is 17.6 Å². The van der Waals surface area contributed by atoms with Crippen molar-refractivity contribution < 1.29 is 27.8 Å². The zero-order valence-corrected chi connectivity index (χ0v) is 21.4. The molecule has 9 nitrogen and oxygen atoms in total. The van der Waals surface area contributed by atoms with Crippen LogP contribution in [0.5, 0.6) is 5.88 Å². The average molecular weight is 540 g/mol. The third-order valence-corrected chi connectivity index (χ3v) is 6.36. The number of aromatic nitrogens is 3. The molecule has 0 atom stereocenters. The Kier molecular flexibility index (Phi) is 9.27. The van der Waals surface area contributed by atoms with Crippen LogP contribution < -0.4 is 11.0 Å². The molecule has 0 saturated heterocycles. The molecule has 2 N–H and O–H groups in total. The molecule has 3 aromatic rings. The largest absolute Gasteiger partial charge is 0.493 e. The first kappa shape index (κ1) is 28.1. The number of hydrogen-bond donors (Lipinski definition) is 2. The van der Waals surface area contributed by atoms with Crippen molar-refractivity contribution in [3.63, 3.8) is 0 Å². The lowest BCUT2D eigenvalue weighted by molar-refractivity contribution is -0.0328. The van der Waals surface area contributed by atoms with E-state index in [9.17, 15) is 27.9 Å². The first-order valence-corrected chi connectivity index (χ1v) is 12.3. The van der Waals surface area contributed by atoms with Gasteiger partial charge in [-0.1, -0.05) is 13.8 Å². The minimum Gasteiger partial charge on any atom is -0.493 e. The Morgan fingerprint density at radius 2 is 1.86 bits per heavy atom. The number of carbonyl (C=O) groups excluding carboxylic acids is 1. The van der Waals surface area contributed by atoms with Crippen LogP contribution in [-0.2, 0) is 11.3 Å². The molecule has 0 fully saturated rings. The molecule has 1 aromatic carbocycles. The highest BCUT2D eigenvalue weighted by Gasteiger charge is 2.29. The molecule has 37 heavy (non-hydrogen) atoms. The summed E-state index contributed by atoms with van der Waals surface area (Å²) in [7, 11) is 0. The fraction of sp³-hybridized carbons (Fsp3) is 0.375. The number of nitrogens with zero attached hydrogens (tertiary/aromatic N) is 4. The topological polar surface area (TPSA) is 102 Å². The molecule has 13 heteroatoms. The van der Waals surface area contributed by atoms with Gasteiger partial charge in [-0.2, -0.15) is 13.2 Å². The summed E-state index contributed by atoms with van der Waals surface area (Å²) in [5.41, 5.74) is -3.90. The number of halogens is 3. The van der Waals surface area contributed by atoms with E-state index in [0.29, 0.717) is 12.1 Å². The molecule has 0 radical (unpaired) electrons. The Balaban J connectivity index is 1.73. The van der Waals surface area contributed by atoms with Crippen molar-refractivity contribution in [3.8, 4) is 11.6 Å². The third-order valence-electron chi connectivity index (χ3n) is 5.62. The molecule has 0 unspecified atom stereocenters. The molecule has 2 heterocycles. The Bertz CT molecular complexity index is 1270. The second-order valence-electron chi connectivity index (χ2n) is 7.99. The number of aromatic hydroxyl groups is 1. The highest BCUT2D eigenvalue weighted by Crippen LogP contribution is 2.37. The van der Waals surface area contributed by atoms with Gasteiger partial charge in [0.2, 0.25) is 5.88 Å². The first-order valence-electron chi connectivity index (χ1n) is 11.5. The predicted molar refractivity (Wildman–Crippen MR) is 134 cm³/mol. The van der Waals surface area contributed by atoms with Crippen molar-refractivity contribution in [1.82, 2.24) is 19.0 Å². The van der Waals surface area contributed by atoms with Gasteiger partial charge in [0.05, 0.1) is 17.9 Å². The van der Waals surface area contributed by atoms with Gasteiger partial charge in [-0.15, -0.1) is 0 Å². The number of ether oxygens (including phenoxy) is 1. The van der Waals surface area contributed by atoms with Gasteiger partial charge in [0.15, 0.2) is 0 Å². The van der Waals surface area contributed by atoms with E-state index in [-0.39, 0.29) is 52.9 Å². The van der Waals surface area contributed by atoms with Gasteiger partial charge in [-0.25, -0.2) is 19.1 Å². The fourth-order valence-electron chi connectivity index (χ4n) is 3.62. The number of hydrogen-bond acceptors (Lipinski definition) is 7. The van der Waals surface area contributed by atoms with Crippen molar-refractivity contribution in [2.75, 3.05) is 31.6 Å². The summed E-state index contributed by atoms with van der Waals surface area (Å²) in [4.78, 5) is 31.4. The van der Waals surface area contributed by atoms with Gasteiger partial charge in [0.1, 0.15) is 12.4 Å². The van der Waals surface area contributed by atoms with Crippen molar-refractivity contribution >= 4 is 23.7 Å².